The average molecular weight is 206 g/mol. The fourth-order valence-electron chi connectivity index (χ4n) is 2.24. The van der Waals surface area contributed by atoms with Crippen molar-refractivity contribution >= 4 is 5.91 Å². The van der Waals surface area contributed by atoms with Crippen LogP contribution in [0.25, 0.3) is 0 Å². The van der Waals surface area contributed by atoms with Gasteiger partial charge in [0.25, 0.3) is 5.91 Å². The Morgan fingerprint density at radius 1 is 1.60 bits per heavy atom. The van der Waals surface area contributed by atoms with Gasteiger partial charge in [0.2, 0.25) is 5.82 Å². The molecule has 0 unspecified atom stereocenters. The molecule has 0 spiro atoms. The number of nitrogens with one attached hydrogen (secondary N) is 2. The summed E-state index contributed by atoms with van der Waals surface area (Å²) in [6.07, 6.45) is 6.59. The van der Waals surface area contributed by atoms with Gasteiger partial charge >= 0.3 is 0 Å². The van der Waals surface area contributed by atoms with Gasteiger partial charge in [0, 0.05) is 6.54 Å². The minimum Gasteiger partial charge on any atom is -0.349 e. The van der Waals surface area contributed by atoms with Gasteiger partial charge in [-0.25, -0.2) is 4.98 Å². The first-order valence-electron chi connectivity index (χ1n) is 5.44. The zero-order valence-corrected chi connectivity index (χ0v) is 8.49. The van der Waals surface area contributed by atoms with Crippen LogP contribution in [0.3, 0.4) is 0 Å². The highest BCUT2D eigenvalue weighted by atomic mass is 16.2. The summed E-state index contributed by atoms with van der Waals surface area (Å²) in [5.41, 5.74) is 0.440. The summed E-state index contributed by atoms with van der Waals surface area (Å²) in [6.45, 7) is 0.803. The van der Waals surface area contributed by atoms with Crippen molar-refractivity contribution in [2.75, 3.05) is 6.54 Å². The second kappa shape index (κ2) is 3.05. The van der Waals surface area contributed by atoms with Gasteiger partial charge in [0.05, 0.1) is 0 Å². The summed E-state index contributed by atoms with van der Waals surface area (Å²) in [5, 5.41) is 9.16. The molecule has 2 saturated carbocycles. The van der Waals surface area contributed by atoms with Crippen molar-refractivity contribution < 1.29 is 4.79 Å². The molecule has 5 heteroatoms. The van der Waals surface area contributed by atoms with Gasteiger partial charge in [0.15, 0.2) is 0 Å². The van der Waals surface area contributed by atoms with E-state index in [9.17, 15) is 4.79 Å². The number of nitrogens with zero attached hydrogens (tertiary/aromatic N) is 2. The number of amides is 1. The first kappa shape index (κ1) is 8.88. The van der Waals surface area contributed by atoms with E-state index in [0.717, 1.165) is 12.5 Å². The Bertz CT molecular complexity index is 365. The van der Waals surface area contributed by atoms with E-state index in [1.165, 1.54) is 32.0 Å². The normalized spacial score (nSPS) is 22.4. The topological polar surface area (TPSA) is 70.7 Å². The van der Waals surface area contributed by atoms with E-state index in [-0.39, 0.29) is 5.91 Å². The Balaban J connectivity index is 1.56. The monoisotopic (exact) mass is 206 g/mol. The quantitative estimate of drug-likeness (QED) is 0.762. The Labute approximate surface area is 87.7 Å². The zero-order chi connectivity index (χ0) is 10.3. The summed E-state index contributed by atoms with van der Waals surface area (Å²) in [7, 11) is 0. The van der Waals surface area contributed by atoms with Gasteiger partial charge in [0.1, 0.15) is 6.33 Å². The van der Waals surface area contributed by atoms with E-state index in [0.29, 0.717) is 11.2 Å². The van der Waals surface area contributed by atoms with Gasteiger partial charge in [-0.3, -0.25) is 9.89 Å². The first-order valence-corrected chi connectivity index (χ1v) is 5.44. The van der Waals surface area contributed by atoms with Crippen molar-refractivity contribution in [2.24, 2.45) is 11.3 Å². The molecule has 2 aliphatic rings. The lowest BCUT2D eigenvalue weighted by Gasteiger charge is -2.13. The molecule has 0 atom stereocenters. The van der Waals surface area contributed by atoms with E-state index in [1.54, 1.807) is 0 Å². The van der Waals surface area contributed by atoms with Gasteiger partial charge < -0.3 is 5.32 Å². The number of carbonyl (C=O) groups is 1. The van der Waals surface area contributed by atoms with Crippen LogP contribution in [0.1, 0.15) is 36.3 Å². The molecule has 1 aromatic heterocycles. The highest BCUT2D eigenvalue weighted by molar-refractivity contribution is 5.90. The van der Waals surface area contributed by atoms with Crippen LogP contribution in [0.15, 0.2) is 6.33 Å². The Morgan fingerprint density at radius 2 is 2.40 bits per heavy atom. The lowest BCUT2D eigenvalue weighted by Crippen LogP contribution is -2.31. The SMILES string of the molecule is O=C(NCC1(C2CC2)CC1)c1ncn[nH]1. The largest absolute Gasteiger partial charge is 0.349 e. The third-order valence-corrected chi connectivity index (χ3v) is 3.57. The van der Waals surface area contributed by atoms with E-state index in [2.05, 4.69) is 20.5 Å². The van der Waals surface area contributed by atoms with Gasteiger partial charge in [-0.1, -0.05) is 0 Å². The highest BCUT2D eigenvalue weighted by Crippen LogP contribution is 2.60. The second-order valence-electron chi connectivity index (χ2n) is 4.65. The lowest BCUT2D eigenvalue weighted by atomic mass is 10.0. The molecular formula is C10H14N4O. The maximum absolute atomic E-state index is 11.6. The molecule has 0 radical (unpaired) electrons. The number of hydrogen-bond donors (Lipinski definition) is 2. The fraction of sp³-hybridized carbons (Fsp3) is 0.700. The van der Waals surface area contributed by atoms with Crippen molar-refractivity contribution in [1.82, 2.24) is 20.5 Å². The van der Waals surface area contributed by atoms with Crippen molar-refractivity contribution in [3.05, 3.63) is 12.2 Å². The summed E-state index contributed by atoms with van der Waals surface area (Å²) >= 11 is 0. The molecule has 1 aromatic rings. The standard InChI is InChI=1S/C10H14N4O/c15-9(8-12-6-13-14-8)11-5-10(3-4-10)7-1-2-7/h6-7H,1-5H2,(H,11,15)(H,12,13,14). The minimum atomic E-state index is -0.139. The second-order valence-corrected chi connectivity index (χ2v) is 4.65. The summed E-state index contributed by atoms with van der Waals surface area (Å²) in [6, 6.07) is 0. The molecule has 15 heavy (non-hydrogen) atoms. The highest BCUT2D eigenvalue weighted by Gasteiger charge is 2.53. The molecular weight excluding hydrogens is 192 g/mol. The van der Waals surface area contributed by atoms with Crippen LogP contribution >= 0.6 is 0 Å². The molecule has 80 valence electrons. The fourth-order valence-corrected chi connectivity index (χ4v) is 2.24. The first-order chi connectivity index (χ1) is 7.30. The summed E-state index contributed by atoms with van der Waals surface area (Å²) in [5.74, 6) is 1.04. The van der Waals surface area contributed by atoms with Gasteiger partial charge in [-0.2, -0.15) is 5.10 Å². The van der Waals surface area contributed by atoms with Crippen LogP contribution in [0.4, 0.5) is 0 Å². The number of rotatable bonds is 4. The van der Waals surface area contributed by atoms with E-state index >= 15 is 0 Å². The van der Waals surface area contributed by atoms with Crippen LogP contribution in [0.5, 0.6) is 0 Å². The van der Waals surface area contributed by atoms with E-state index in [4.69, 9.17) is 0 Å². The molecule has 0 aliphatic heterocycles. The molecule has 5 nitrogen and oxygen atoms in total. The van der Waals surface area contributed by atoms with Crippen molar-refractivity contribution in [2.45, 2.75) is 25.7 Å². The molecule has 0 aromatic carbocycles. The van der Waals surface area contributed by atoms with E-state index < -0.39 is 0 Å². The third kappa shape index (κ3) is 1.62. The molecule has 0 saturated heterocycles. The third-order valence-electron chi connectivity index (χ3n) is 3.57. The number of aromatic amines is 1. The maximum Gasteiger partial charge on any atom is 0.288 e. The number of carbonyl (C=O) groups excluding carboxylic acids is 1. The van der Waals surface area contributed by atoms with Gasteiger partial charge in [-0.15, -0.1) is 0 Å². The average Bonchev–Trinajstić information content (AvgIpc) is 3.14. The van der Waals surface area contributed by atoms with Crippen molar-refractivity contribution in [3.63, 3.8) is 0 Å². The zero-order valence-electron chi connectivity index (χ0n) is 8.49. The van der Waals surface area contributed by atoms with Crippen LogP contribution in [0, 0.1) is 11.3 Å². The molecule has 1 heterocycles. The molecule has 1 amide bonds. The molecule has 2 N–H and O–H groups in total. The number of H-pyrrole nitrogens is 1. The van der Waals surface area contributed by atoms with Crippen LogP contribution < -0.4 is 5.32 Å². The predicted octanol–water partition coefficient (Wildman–Crippen LogP) is 0.725. The van der Waals surface area contributed by atoms with Crippen LogP contribution in [0.2, 0.25) is 0 Å². The van der Waals surface area contributed by atoms with Crippen molar-refractivity contribution in [3.8, 4) is 0 Å². The number of aromatic nitrogens is 3. The summed E-state index contributed by atoms with van der Waals surface area (Å²) < 4.78 is 0. The smallest absolute Gasteiger partial charge is 0.288 e. The molecule has 2 aliphatic carbocycles. The molecule has 2 fully saturated rings. The molecule has 0 bridgehead atoms. The van der Waals surface area contributed by atoms with Crippen molar-refractivity contribution in [1.29, 1.82) is 0 Å². The Morgan fingerprint density at radius 3 is 2.93 bits per heavy atom. The van der Waals surface area contributed by atoms with E-state index in [1.807, 2.05) is 0 Å². The van der Waals surface area contributed by atoms with Crippen LogP contribution in [-0.4, -0.2) is 27.6 Å². The minimum absolute atomic E-state index is 0.139. The number of hydrogen-bond acceptors (Lipinski definition) is 3. The maximum atomic E-state index is 11.6. The Kier molecular flexibility index (Phi) is 1.81. The van der Waals surface area contributed by atoms with Gasteiger partial charge in [-0.05, 0) is 37.0 Å². The predicted molar refractivity (Wildman–Crippen MR) is 53.1 cm³/mol. The summed E-state index contributed by atoms with van der Waals surface area (Å²) in [4.78, 5) is 15.4. The lowest BCUT2D eigenvalue weighted by molar-refractivity contribution is 0.0932. The Hall–Kier alpha value is -1.39. The van der Waals surface area contributed by atoms with Crippen LogP contribution in [-0.2, 0) is 0 Å². The molecule has 3 rings (SSSR count).